The highest BCUT2D eigenvalue weighted by Gasteiger charge is 2.19. The summed E-state index contributed by atoms with van der Waals surface area (Å²) < 4.78 is 0. The van der Waals surface area contributed by atoms with Crippen molar-refractivity contribution in [3.05, 3.63) is 12.2 Å². The molecule has 1 nitrogen and oxygen atoms in total. The highest BCUT2D eigenvalue weighted by molar-refractivity contribution is 5.83. The molecule has 0 fully saturated rings. The molecule has 0 N–H and O–H groups in total. The van der Waals surface area contributed by atoms with Gasteiger partial charge in [0.05, 0.1) is 0 Å². The fourth-order valence-corrected chi connectivity index (χ4v) is 0.926. The second-order valence-electron chi connectivity index (χ2n) is 4.48. The van der Waals surface area contributed by atoms with Crippen LogP contribution in [0, 0.1) is 5.41 Å². The third-order valence-electron chi connectivity index (χ3n) is 1.84. The fourth-order valence-electron chi connectivity index (χ4n) is 0.926. The first-order valence-corrected chi connectivity index (χ1v) is 4.51. The maximum absolute atomic E-state index is 11.4. The molecule has 0 aliphatic heterocycles. The second kappa shape index (κ2) is 4.44. The summed E-state index contributed by atoms with van der Waals surface area (Å²) in [5.41, 5.74) is 0.992. The zero-order chi connectivity index (χ0) is 9.78. The Morgan fingerprint density at radius 1 is 1.25 bits per heavy atom. The van der Waals surface area contributed by atoms with E-state index in [-0.39, 0.29) is 5.41 Å². The predicted octanol–water partition coefficient (Wildman–Crippen LogP) is 3.35. The van der Waals surface area contributed by atoms with Gasteiger partial charge in [0.2, 0.25) is 0 Å². The number of hydrogen-bond acceptors (Lipinski definition) is 1. The van der Waals surface area contributed by atoms with Gasteiger partial charge in [-0.05, 0) is 19.8 Å². The van der Waals surface area contributed by atoms with Crippen molar-refractivity contribution < 1.29 is 4.79 Å². The predicted molar refractivity (Wildman–Crippen MR) is 53.1 cm³/mol. The van der Waals surface area contributed by atoms with E-state index < -0.39 is 0 Å². The summed E-state index contributed by atoms with van der Waals surface area (Å²) in [5.74, 6) is 0.351. The van der Waals surface area contributed by atoms with Crippen LogP contribution in [0.5, 0.6) is 0 Å². The molecule has 0 saturated heterocycles. The Labute approximate surface area is 75.9 Å². The fraction of sp³-hybridized carbons (Fsp3) is 0.727. The molecule has 0 heterocycles. The number of hydrogen-bond donors (Lipinski definition) is 0. The van der Waals surface area contributed by atoms with Gasteiger partial charge in [0.1, 0.15) is 5.78 Å². The van der Waals surface area contributed by atoms with Crippen LogP contribution in [0.1, 0.15) is 47.0 Å². The summed E-state index contributed by atoms with van der Waals surface area (Å²) in [4.78, 5) is 11.4. The molecule has 0 aromatic heterocycles. The molecular weight excluding hydrogens is 148 g/mol. The summed E-state index contributed by atoms with van der Waals surface area (Å²) in [5, 5.41) is 0. The molecule has 0 unspecified atom stereocenters. The topological polar surface area (TPSA) is 17.1 Å². The summed E-state index contributed by atoms with van der Waals surface area (Å²) in [6.07, 6.45) is 2.61. The molecule has 0 atom stereocenters. The molecule has 0 rings (SSSR count). The Morgan fingerprint density at radius 3 is 2.08 bits per heavy atom. The molecule has 0 aromatic carbocycles. The molecule has 0 radical (unpaired) electrons. The molecule has 0 aliphatic carbocycles. The van der Waals surface area contributed by atoms with Crippen LogP contribution in [0.15, 0.2) is 12.2 Å². The summed E-state index contributed by atoms with van der Waals surface area (Å²) in [7, 11) is 0. The van der Waals surface area contributed by atoms with Gasteiger partial charge in [-0.15, -0.1) is 6.58 Å². The van der Waals surface area contributed by atoms with Crippen LogP contribution in [-0.2, 0) is 4.79 Å². The highest BCUT2D eigenvalue weighted by atomic mass is 16.1. The van der Waals surface area contributed by atoms with Crippen molar-refractivity contribution in [3.63, 3.8) is 0 Å². The minimum absolute atomic E-state index is 0.172. The first-order valence-electron chi connectivity index (χ1n) is 4.51. The first kappa shape index (κ1) is 11.4. The number of ketones is 1. The van der Waals surface area contributed by atoms with Crippen molar-refractivity contribution >= 4 is 5.78 Å². The molecule has 1 heteroatoms. The smallest absolute Gasteiger partial charge is 0.138 e. The molecule has 0 aliphatic rings. The van der Waals surface area contributed by atoms with Gasteiger partial charge in [-0.1, -0.05) is 26.3 Å². The lowest BCUT2D eigenvalue weighted by Crippen LogP contribution is -2.19. The molecule has 0 amide bonds. The van der Waals surface area contributed by atoms with Gasteiger partial charge in [0, 0.05) is 11.8 Å². The Kier molecular flexibility index (Phi) is 4.22. The van der Waals surface area contributed by atoms with Crippen LogP contribution in [0.25, 0.3) is 0 Å². The lowest BCUT2D eigenvalue weighted by molar-refractivity contribution is -0.126. The van der Waals surface area contributed by atoms with Crippen LogP contribution in [0.3, 0.4) is 0 Å². The molecular formula is C11H20O. The Morgan fingerprint density at radius 2 is 1.75 bits per heavy atom. The van der Waals surface area contributed by atoms with Gasteiger partial charge in [0.25, 0.3) is 0 Å². The maximum atomic E-state index is 11.4. The van der Waals surface area contributed by atoms with Gasteiger partial charge in [-0.3, -0.25) is 4.79 Å². The van der Waals surface area contributed by atoms with Gasteiger partial charge >= 0.3 is 0 Å². The molecule has 0 bridgehead atoms. The molecule has 0 saturated carbocycles. The first-order chi connectivity index (χ1) is 5.34. The van der Waals surface area contributed by atoms with Crippen LogP contribution in [-0.4, -0.2) is 5.78 Å². The molecule has 12 heavy (non-hydrogen) atoms. The minimum atomic E-state index is -0.172. The number of Topliss-reactive ketones (excluding diaryl/α,β-unsaturated/α-hetero) is 1. The number of carbonyl (C=O) groups excluding carboxylic acids is 1. The third kappa shape index (κ3) is 5.11. The van der Waals surface area contributed by atoms with E-state index in [1.807, 2.05) is 27.7 Å². The molecule has 0 aromatic rings. The zero-order valence-electron chi connectivity index (χ0n) is 8.74. The Balaban J connectivity index is 3.66. The number of allylic oxidation sites excluding steroid dienone is 1. The number of rotatable bonds is 4. The van der Waals surface area contributed by atoms with Gasteiger partial charge in [0.15, 0.2) is 0 Å². The van der Waals surface area contributed by atoms with Crippen molar-refractivity contribution in [2.75, 3.05) is 0 Å². The van der Waals surface area contributed by atoms with E-state index in [0.29, 0.717) is 12.2 Å². The van der Waals surface area contributed by atoms with Crippen molar-refractivity contribution in [1.82, 2.24) is 0 Å². The van der Waals surface area contributed by atoms with Crippen molar-refractivity contribution in [3.8, 4) is 0 Å². The van der Waals surface area contributed by atoms with E-state index in [2.05, 4.69) is 6.58 Å². The van der Waals surface area contributed by atoms with E-state index in [1.165, 1.54) is 0 Å². The van der Waals surface area contributed by atoms with E-state index in [1.54, 1.807) is 0 Å². The lowest BCUT2D eigenvalue weighted by atomic mass is 9.88. The van der Waals surface area contributed by atoms with E-state index in [0.717, 1.165) is 18.4 Å². The standard InChI is InChI=1S/C11H20O/c1-9(2)7-6-8-10(12)11(3,4)5/h1,6-8H2,2-5H3. The Bertz CT molecular complexity index is 172. The second-order valence-corrected chi connectivity index (χ2v) is 4.48. The zero-order valence-corrected chi connectivity index (χ0v) is 8.74. The molecule has 70 valence electrons. The van der Waals surface area contributed by atoms with Crippen LogP contribution < -0.4 is 0 Å². The van der Waals surface area contributed by atoms with Gasteiger partial charge in [-0.25, -0.2) is 0 Å². The van der Waals surface area contributed by atoms with Crippen molar-refractivity contribution in [2.45, 2.75) is 47.0 Å². The highest BCUT2D eigenvalue weighted by Crippen LogP contribution is 2.18. The summed E-state index contributed by atoms with van der Waals surface area (Å²) in [6.45, 7) is 11.7. The summed E-state index contributed by atoms with van der Waals surface area (Å²) in [6, 6.07) is 0. The Hall–Kier alpha value is -0.590. The van der Waals surface area contributed by atoms with Crippen LogP contribution in [0.4, 0.5) is 0 Å². The van der Waals surface area contributed by atoms with E-state index >= 15 is 0 Å². The maximum Gasteiger partial charge on any atom is 0.138 e. The van der Waals surface area contributed by atoms with Crippen LogP contribution >= 0.6 is 0 Å². The van der Waals surface area contributed by atoms with Crippen molar-refractivity contribution in [2.24, 2.45) is 5.41 Å². The van der Waals surface area contributed by atoms with Gasteiger partial charge < -0.3 is 0 Å². The quantitative estimate of drug-likeness (QED) is 0.588. The third-order valence-corrected chi connectivity index (χ3v) is 1.84. The molecule has 0 spiro atoms. The average molecular weight is 168 g/mol. The van der Waals surface area contributed by atoms with E-state index in [4.69, 9.17) is 0 Å². The minimum Gasteiger partial charge on any atom is -0.299 e. The SMILES string of the molecule is C=C(C)CCCC(=O)C(C)(C)C. The number of carbonyl (C=O) groups is 1. The largest absolute Gasteiger partial charge is 0.299 e. The normalized spacial score (nSPS) is 11.3. The van der Waals surface area contributed by atoms with Gasteiger partial charge in [-0.2, -0.15) is 0 Å². The average Bonchev–Trinajstić information content (AvgIpc) is 1.84. The van der Waals surface area contributed by atoms with E-state index in [9.17, 15) is 4.79 Å². The lowest BCUT2D eigenvalue weighted by Gasteiger charge is -2.15. The summed E-state index contributed by atoms with van der Waals surface area (Å²) >= 11 is 0. The van der Waals surface area contributed by atoms with Crippen molar-refractivity contribution in [1.29, 1.82) is 0 Å². The monoisotopic (exact) mass is 168 g/mol. The van der Waals surface area contributed by atoms with Crippen LogP contribution in [0.2, 0.25) is 0 Å².